The van der Waals surface area contributed by atoms with Gasteiger partial charge in [0.25, 0.3) is 5.91 Å². The van der Waals surface area contributed by atoms with Crippen LogP contribution in [-0.4, -0.2) is 60.7 Å². The summed E-state index contributed by atoms with van der Waals surface area (Å²) in [7, 11) is 0. The number of hydrogen-bond donors (Lipinski definition) is 3. The fraction of sp³-hybridized carbons (Fsp3) is 0.241. The van der Waals surface area contributed by atoms with Gasteiger partial charge in [0.15, 0.2) is 5.65 Å². The Hall–Kier alpha value is -4.88. The van der Waals surface area contributed by atoms with Gasteiger partial charge in [-0.2, -0.15) is 19.0 Å². The molecule has 6 rings (SSSR count). The number of rotatable bonds is 11. The number of alkyl halides is 2. The quantitative estimate of drug-likeness (QED) is 0.212. The van der Waals surface area contributed by atoms with Crippen LogP contribution in [0.25, 0.3) is 16.9 Å². The number of aliphatic hydroxyl groups is 1. The van der Waals surface area contributed by atoms with Crippen molar-refractivity contribution in [2.24, 2.45) is 0 Å². The Balaban J connectivity index is 1.34. The van der Waals surface area contributed by atoms with E-state index in [2.05, 4.69) is 25.8 Å². The van der Waals surface area contributed by atoms with Crippen molar-refractivity contribution in [3.05, 3.63) is 84.9 Å². The molecule has 5 aromatic rings. The van der Waals surface area contributed by atoms with Crippen LogP contribution >= 0.6 is 0 Å². The Morgan fingerprint density at radius 2 is 1.95 bits per heavy atom. The van der Waals surface area contributed by atoms with E-state index < -0.39 is 12.5 Å². The number of anilines is 1. The zero-order chi connectivity index (χ0) is 29.1. The molecule has 2 aromatic carbocycles. The Labute approximate surface area is 238 Å². The third kappa shape index (κ3) is 6.06. The van der Waals surface area contributed by atoms with Gasteiger partial charge in [-0.1, -0.05) is 18.2 Å². The SMILES string of the molecule is O=C(Nc1cn(CCNC2CC(O)C2)nc1-c1cc(Oc2ccccc2)ccc1OC(F)F)c1cnn2cccnc12. The average molecular weight is 576 g/mol. The minimum absolute atomic E-state index is 0.134. The first-order valence-electron chi connectivity index (χ1n) is 13.3. The first-order chi connectivity index (χ1) is 20.4. The molecule has 1 saturated carbocycles. The largest absolute Gasteiger partial charge is 0.457 e. The molecule has 42 heavy (non-hydrogen) atoms. The van der Waals surface area contributed by atoms with Crippen LogP contribution < -0.4 is 20.1 Å². The lowest BCUT2D eigenvalue weighted by atomic mass is 9.90. The highest BCUT2D eigenvalue weighted by Crippen LogP contribution is 2.39. The number of aliphatic hydroxyl groups excluding tert-OH is 1. The fourth-order valence-corrected chi connectivity index (χ4v) is 4.72. The molecule has 0 unspecified atom stereocenters. The van der Waals surface area contributed by atoms with Crippen LogP contribution in [0.15, 0.2) is 79.4 Å². The highest BCUT2D eigenvalue weighted by molar-refractivity contribution is 6.09. The Bertz CT molecular complexity index is 1690. The minimum Gasteiger partial charge on any atom is -0.457 e. The molecule has 1 fully saturated rings. The third-order valence-electron chi connectivity index (χ3n) is 6.82. The summed E-state index contributed by atoms with van der Waals surface area (Å²) in [6, 6.07) is 15.4. The minimum atomic E-state index is -3.09. The van der Waals surface area contributed by atoms with E-state index in [1.54, 1.807) is 41.5 Å². The molecule has 3 N–H and O–H groups in total. The van der Waals surface area contributed by atoms with E-state index in [1.807, 2.05) is 18.2 Å². The molecular weight excluding hydrogens is 548 g/mol. The summed E-state index contributed by atoms with van der Waals surface area (Å²) >= 11 is 0. The van der Waals surface area contributed by atoms with E-state index in [1.165, 1.54) is 28.9 Å². The number of fused-ring (bicyclic) bond motifs is 1. The monoisotopic (exact) mass is 575 g/mol. The molecule has 13 heteroatoms. The van der Waals surface area contributed by atoms with E-state index in [9.17, 15) is 18.7 Å². The Kier molecular flexibility index (Phi) is 7.75. The van der Waals surface area contributed by atoms with Gasteiger partial charge in [0.2, 0.25) is 0 Å². The molecule has 216 valence electrons. The number of carbonyl (C=O) groups is 1. The van der Waals surface area contributed by atoms with Crippen molar-refractivity contribution < 1.29 is 28.2 Å². The molecule has 1 amide bonds. The fourth-order valence-electron chi connectivity index (χ4n) is 4.72. The Morgan fingerprint density at radius 1 is 1.12 bits per heavy atom. The highest BCUT2D eigenvalue weighted by Gasteiger charge is 2.26. The van der Waals surface area contributed by atoms with Crippen molar-refractivity contribution in [1.82, 2.24) is 29.7 Å². The van der Waals surface area contributed by atoms with Gasteiger partial charge in [-0.15, -0.1) is 0 Å². The number of carbonyl (C=O) groups excluding carboxylic acids is 1. The number of amides is 1. The lowest BCUT2D eigenvalue weighted by Gasteiger charge is -2.32. The van der Waals surface area contributed by atoms with Crippen LogP contribution in [0.3, 0.4) is 0 Å². The summed E-state index contributed by atoms with van der Waals surface area (Å²) in [6.07, 6.45) is 7.33. The molecule has 0 radical (unpaired) electrons. The predicted molar refractivity (Wildman–Crippen MR) is 149 cm³/mol. The van der Waals surface area contributed by atoms with Crippen molar-refractivity contribution in [2.45, 2.75) is 38.1 Å². The normalized spacial score (nSPS) is 16.4. The molecule has 3 heterocycles. The van der Waals surface area contributed by atoms with Gasteiger partial charge < -0.3 is 25.2 Å². The molecule has 0 saturated heterocycles. The van der Waals surface area contributed by atoms with Crippen LogP contribution in [0.4, 0.5) is 14.5 Å². The molecule has 3 aromatic heterocycles. The summed E-state index contributed by atoms with van der Waals surface area (Å²) in [6.45, 7) is -2.13. The number of hydrogen-bond acceptors (Lipinski definition) is 8. The van der Waals surface area contributed by atoms with Crippen molar-refractivity contribution in [3.8, 4) is 28.5 Å². The molecule has 11 nitrogen and oxygen atoms in total. The molecule has 1 aliphatic rings. The second-order valence-electron chi connectivity index (χ2n) is 9.78. The predicted octanol–water partition coefficient (Wildman–Crippen LogP) is 4.35. The molecule has 0 bridgehead atoms. The highest BCUT2D eigenvalue weighted by atomic mass is 19.3. The smallest absolute Gasteiger partial charge is 0.387 e. The lowest BCUT2D eigenvalue weighted by molar-refractivity contribution is -0.0494. The number of nitrogens with one attached hydrogen (secondary N) is 2. The second kappa shape index (κ2) is 11.9. The van der Waals surface area contributed by atoms with Crippen molar-refractivity contribution >= 4 is 17.2 Å². The number of aromatic nitrogens is 5. The maximum absolute atomic E-state index is 13.4. The number of nitrogens with zero attached hydrogens (tertiary/aromatic N) is 5. The van der Waals surface area contributed by atoms with E-state index in [0.29, 0.717) is 43.1 Å². The van der Waals surface area contributed by atoms with Crippen molar-refractivity contribution in [2.75, 3.05) is 11.9 Å². The number of ether oxygens (including phenoxy) is 2. The Morgan fingerprint density at radius 3 is 2.74 bits per heavy atom. The third-order valence-corrected chi connectivity index (χ3v) is 6.82. The van der Waals surface area contributed by atoms with Gasteiger partial charge in [0.1, 0.15) is 28.5 Å². The second-order valence-corrected chi connectivity index (χ2v) is 9.78. The zero-order valence-corrected chi connectivity index (χ0v) is 22.2. The van der Waals surface area contributed by atoms with Crippen LogP contribution in [0.1, 0.15) is 23.2 Å². The van der Waals surface area contributed by atoms with Crippen LogP contribution in [0.5, 0.6) is 17.2 Å². The standard InChI is InChI=1S/C29H27F2N7O4/c30-29(31)42-25-8-7-21(41-20-5-2-1-3-6-20)15-22(25)26-24(17-37(36-26)12-10-32-18-13-19(39)14-18)35-28(40)23-16-34-38-11-4-9-33-27(23)38/h1-9,11,15-19,29,32,39H,10,12-14H2,(H,35,40). The van der Waals surface area contributed by atoms with E-state index in [0.717, 1.165) is 0 Å². The van der Waals surface area contributed by atoms with Crippen LogP contribution in [0.2, 0.25) is 0 Å². The lowest BCUT2D eigenvalue weighted by Crippen LogP contribution is -2.45. The van der Waals surface area contributed by atoms with E-state index in [4.69, 9.17) is 9.47 Å². The van der Waals surface area contributed by atoms with E-state index in [-0.39, 0.29) is 40.4 Å². The van der Waals surface area contributed by atoms with Crippen LogP contribution in [0, 0.1) is 0 Å². The van der Waals surface area contributed by atoms with E-state index >= 15 is 0 Å². The summed E-state index contributed by atoms with van der Waals surface area (Å²) in [5.74, 6) is 0.281. The maximum Gasteiger partial charge on any atom is 0.387 e. The summed E-state index contributed by atoms with van der Waals surface area (Å²) in [5.41, 5.74) is 1.26. The first-order valence-corrected chi connectivity index (χ1v) is 13.3. The van der Waals surface area contributed by atoms with Gasteiger partial charge in [0.05, 0.1) is 30.1 Å². The summed E-state index contributed by atoms with van der Waals surface area (Å²) in [5, 5.41) is 24.6. The molecule has 0 atom stereocenters. The first kappa shape index (κ1) is 27.3. The summed E-state index contributed by atoms with van der Waals surface area (Å²) < 4.78 is 40.7. The maximum atomic E-state index is 13.4. The van der Waals surface area contributed by atoms with Gasteiger partial charge in [-0.25, -0.2) is 9.50 Å². The topological polar surface area (TPSA) is 128 Å². The van der Waals surface area contributed by atoms with Gasteiger partial charge >= 0.3 is 6.61 Å². The molecule has 1 aliphatic carbocycles. The van der Waals surface area contributed by atoms with Gasteiger partial charge in [-0.05, 0) is 49.2 Å². The average Bonchev–Trinajstić information content (AvgIpc) is 3.57. The molecule has 0 aliphatic heterocycles. The molecular formula is C29H27F2N7O4. The number of para-hydroxylation sites is 1. The number of benzene rings is 2. The number of halogens is 2. The van der Waals surface area contributed by atoms with Crippen LogP contribution in [-0.2, 0) is 6.54 Å². The summed E-state index contributed by atoms with van der Waals surface area (Å²) in [4.78, 5) is 17.6. The van der Waals surface area contributed by atoms with Gasteiger partial charge in [0, 0.05) is 31.2 Å². The van der Waals surface area contributed by atoms with Crippen molar-refractivity contribution in [3.63, 3.8) is 0 Å². The van der Waals surface area contributed by atoms with Gasteiger partial charge in [-0.3, -0.25) is 9.48 Å². The zero-order valence-electron chi connectivity index (χ0n) is 22.2. The molecule has 0 spiro atoms. The van der Waals surface area contributed by atoms with Crippen molar-refractivity contribution in [1.29, 1.82) is 0 Å².